The lowest BCUT2D eigenvalue weighted by Crippen LogP contribution is -2.47. The number of hydrogen-bond donors (Lipinski definition) is 2. The molecular weight excluding hydrogens is 390 g/mol. The predicted octanol–water partition coefficient (Wildman–Crippen LogP) is 1.87. The molecule has 1 aromatic carbocycles. The smallest absolute Gasteiger partial charge is 0.255 e. The zero-order valence-corrected chi connectivity index (χ0v) is 17.9. The van der Waals surface area contributed by atoms with Crippen LogP contribution in [-0.2, 0) is 24.4 Å². The maximum absolute atomic E-state index is 13.1. The molecule has 0 aliphatic carbocycles. The van der Waals surface area contributed by atoms with Gasteiger partial charge in [0, 0.05) is 61.1 Å². The van der Waals surface area contributed by atoms with Crippen LogP contribution in [0.15, 0.2) is 47.3 Å². The molecular formula is C24H29N5O2. The number of carbonyl (C=O) groups is 1. The molecule has 2 atom stereocenters. The first-order valence-electron chi connectivity index (χ1n) is 10.9. The van der Waals surface area contributed by atoms with Crippen LogP contribution in [0.2, 0.25) is 0 Å². The van der Waals surface area contributed by atoms with Gasteiger partial charge in [0.15, 0.2) is 0 Å². The highest BCUT2D eigenvalue weighted by Crippen LogP contribution is 2.35. The quantitative estimate of drug-likeness (QED) is 0.639. The van der Waals surface area contributed by atoms with Crippen molar-refractivity contribution in [3.05, 3.63) is 69.8 Å². The highest BCUT2D eigenvalue weighted by molar-refractivity contribution is 5.80. The molecule has 5 rings (SSSR count). The van der Waals surface area contributed by atoms with E-state index in [0.717, 1.165) is 43.9 Å². The monoisotopic (exact) mass is 419 g/mol. The summed E-state index contributed by atoms with van der Waals surface area (Å²) in [5, 5.41) is 1.25. The number of pyridine rings is 1. The van der Waals surface area contributed by atoms with Gasteiger partial charge in [-0.1, -0.05) is 24.3 Å². The van der Waals surface area contributed by atoms with Crippen LogP contribution in [-0.4, -0.2) is 51.9 Å². The summed E-state index contributed by atoms with van der Waals surface area (Å²) in [6.45, 7) is 4.22. The van der Waals surface area contributed by atoms with Gasteiger partial charge < -0.3 is 15.3 Å². The van der Waals surface area contributed by atoms with Crippen LogP contribution >= 0.6 is 0 Å². The van der Waals surface area contributed by atoms with Crippen molar-refractivity contribution in [3.8, 4) is 0 Å². The van der Waals surface area contributed by atoms with E-state index in [2.05, 4.69) is 46.3 Å². The van der Waals surface area contributed by atoms with E-state index in [1.54, 1.807) is 4.90 Å². The molecule has 1 saturated heterocycles. The number of aromatic amines is 1. The number of nitrogens with one attached hydrogen (secondary N) is 1. The number of amides is 1. The highest BCUT2D eigenvalue weighted by atomic mass is 16.1. The molecule has 2 bridgehead atoms. The molecule has 0 spiro atoms. The summed E-state index contributed by atoms with van der Waals surface area (Å²) in [6, 6.07) is 14.7. The third-order valence-electron chi connectivity index (χ3n) is 6.60. The van der Waals surface area contributed by atoms with Crippen LogP contribution in [0, 0.1) is 5.92 Å². The van der Waals surface area contributed by atoms with E-state index in [0.29, 0.717) is 18.4 Å². The van der Waals surface area contributed by atoms with E-state index >= 15 is 0 Å². The van der Waals surface area contributed by atoms with Gasteiger partial charge in [0.1, 0.15) is 0 Å². The number of benzene rings is 1. The Labute approximate surface area is 181 Å². The fourth-order valence-corrected chi connectivity index (χ4v) is 5.41. The molecule has 1 amide bonds. The second-order valence-electron chi connectivity index (χ2n) is 9.21. The number of likely N-dealkylation sites (N-methyl/N-ethyl adjacent to an activating group) is 1. The second-order valence-corrected chi connectivity index (χ2v) is 9.21. The molecule has 31 heavy (non-hydrogen) atoms. The number of carbonyl (C=O) groups excluding carboxylic acids is 1. The molecule has 162 valence electrons. The summed E-state index contributed by atoms with van der Waals surface area (Å²) >= 11 is 0. The molecule has 7 nitrogen and oxygen atoms in total. The summed E-state index contributed by atoms with van der Waals surface area (Å²) in [7, 11) is 1.81. The van der Waals surface area contributed by atoms with E-state index < -0.39 is 0 Å². The van der Waals surface area contributed by atoms with Gasteiger partial charge in [0.25, 0.3) is 5.56 Å². The number of H-pyrrole nitrogens is 1. The van der Waals surface area contributed by atoms with E-state index in [1.165, 1.54) is 16.6 Å². The normalized spacial score (nSPS) is 20.8. The molecule has 2 aliphatic rings. The van der Waals surface area contributed by atoms with Gasteiger partial charge in [-0.25, -0.2) is 0 Å². The number of para-hydroxylation sites is 1. The average molecular weight is 420 g/mol. The van der Waals surface area contributed by atoms with Gasteiger partial charge in [0.05, 0.1) is 6.54 Å². The lowest BCUT2D eigenvalue weighted by atomic mass is 9.83. The van der Waals surface area contributed by atoms with Gasteiger partial charge in [-0.15, -0.1) is 0 Å². The van der Waals surface area contributed by atoms with E-state index in [1.807, 2.05) is 17.7 Å². The van der Waals surface area contributed by atoms with E-state index in [9.17, 15) is 9.59 Å². The third kappa shape index (κ3) is 4.03. The van der Waals surface area contributed by atoms with E-state index in [-0.39, 0.29) is 18.0 Å². The van der Waals surface area contributed by atoms with Crippen LogP contribution in [0.1, 0.15) is 29.3 Å². The van der Waals surface area contributed by atoms with Gasteiger partial charge in [0.2, 0.25) is 5.91 Å². The lowest BCUT2D eigenvalue weighted by Gasteiger charge is -2.43. The second kappa shape index (κ2) is 7.98. The number of fused-ring (bicyclic) bond motifs is 5. The largest absolute Gasteiger partial charge is 0.369 e. The zero-order chi connectivity index (χ0) is 21.5. The van der Waals surface area contributed by atoms with Crippen LogP contribution in [0.25, 0.3) is 10.9 Å². The van der Waals surface area contributed by atoms with Crippen LogP contribution in [0.5, 0.6) is 0 Å². The molecule has 3 N–H and O–H groups in total. The van der Waals surface area contributed by atoms with Crippen molar-refractivity contribution in [2.24, 2.45) is 11.7 Å². The minimum Gasteiger partial charge on any atom is -0.369 e. The number of hydrogen-bond acceptors (Lipinski definition) is 4. The Bertz CT molecular complexity index is 1150. The maximum atomic E-state index is 13.1. The van der Waals surface area contributed by atoms with Gasteiger partial charge in [-0.3, -0.25) is 19.4 Å². The standard InChI is InChI=1S/C24H29N5O2/c1-27(15-23(25)30)12-18-6-7-22-19-8-16(11-29(22)24(18)31)10-28(13-19)14-20-9-17-4-2-3-5-21(17)26-20/h2-7,9,16,19,26H,8,10-15H2,1H3,(H2,25,30)/t16-,19+/m0/s1. The molecule has 4 heterocycles. The Hall–Kier alpha value is -2.90. The molecule has 0 unspecified atom stereocenters. The topological polar surface area (TPSA) is 87.4 Å². The summed E-state index contributed by atoms with van der Waals surface area (Å²) in [6.07, 6.45) is 1.14. The molecule has 2 aliphatic heterocycles. The Morgan fingerprint density at radius 1 is 1.19 bits per heavy atom. The Morgan fingerprint density at radius 2 is 2.03 bits per heavy atom. The fourth-order valence-electron chi connectivity index (χ4n) is 5.41. The summed E-state index contributed by atoms with van der Waals surface area (Å²) in [4.78, 5) is 32.1. The molecule has 0 radical (unpaired) electrons. The van der Waals surface area contributed by atoms with Crippen LogP contribution in [0.4, 0.5) is 0 Å². The number of rotatable bonds is 6. The van der Waals surface area contributed by atoms with Crippen molar-refractivity contribution in [1.29, 1.82) is 0 Å². The van der Waals surface area contributed by atoms with E-state index in [4.69, 9.17) is 5.73 Å². The van der Waals surface area contributed by atoms with Crippen LogP contribution in [0.3, 0.4) is 0 Å². The van der Waals surface area contributed by atoms with Crippen molar-refractivity contribution in [2.45, 2.75) is 32.0 Å². The summed E-state index contributed by atoms with van der Waals surface area (Å²) in [5.41, 5.74) is 9.64. The Kier molecular flexibility index (Phi) is 5.16. The van der Waals surface area contributed by atoms with Gasteiger partial charge in [-0.05, 0) is 43.0 Å². The Balaban J connectivity index is 1.33. The van der Waals surface area contributed by atoms with Crippen molar-refractivity contribution in [1.82, 2.24) is 19.4 Å². The molecule has 1 fully saturated rings. The molecule has 0 saturated carbocycles. The summed E-state index contributed by atoms with van der Waals surface area (Å²) in [5.74, 6) is 0.471. The minimum atomic E-state index is -0.384. The SMILES string of the molecule is CN(CC(N)=O)Cc1ccc2n(c1=O)C[C@H]1C[C@@H]2CN(Cc2cc3ccccc3[nH]2)C1. The van der Waals surface area contributed by atoms with Crippen molar-refractivity contribution >= 4 is 16.8 Å². The van der Waals surface area contributed by atoms with Gasteiger partial charge >= 0.3 is 0 Å². The van der Waals surface area contributed by atoms with Crippen molar-refractivity contribution in [2.75, 3.05) is 26.7 Å². The van der Waals surface area contributed by atoms with Gasteiger partial charge in [-0.2, -0.15) is 0 Å². The number of nitrogens with two attached hydrogens (primary N) is 1. The number of aromatic nitrogens is 2. The maximum Gasteiger partial charge on any atom is 0.255 e. The number of likely N-dealkylation sites (tertiary alicyclic amines) is 1. The third-order valence-corrected chi connectivity index (χ3v) is 6.60. The predicted molar refractivity (Wildman–Crippen MR) is 121 cm³/mol. The fraction of sp³-hybridized carbons (Fsp3) is 0.417. The zero-order valence-electron chi connectivity index (χ0n) is 17.9. The molecule has 3 aromatic rings. The van der Waals surface area contributed by atoms with Crippen LogP contribution < -0.4 is 11.3 Å². The summed E-state index contributed by atoms with van der Waals surface area (Å²) < 4.78 is 1.98. The number of primary amides is 1. The molecule has 2 aromatic heterocycles. The lowest BCUT2D eigenvalue weighted by molar-refractivity contribution is -0.118. The Morgan fingerprint density at radius 3 is 2.84 bits per heavy atom. The minimum absolute atomic E-state index is 0.0765. The first-order valence-corrected chi connectivity index (χ1v) is 10.9. The first-order chi connectivity index (χ1) is 15.0. The van der Waals surface area contributed by atoms with Crippen molar-refractivity contribution in [3.63, 3.8) is 0 Å². The first kappa shape index (κ1) is 20.0. The highest BCUT2D eigenvalue weighted by Gasteiger charge is 2.35. The molecule has 7 heteroatoms. The number of nitrogens with zero attached hydrogens (tertiary/aromatic N) is 3. The van der Waals surface area contributed by atoms with Crippen molar-refractivity contribution < 1.29 is 4.79 Å². The number of piperidine rings is 1. The average Bonchev–Trinajstić information content (AvgIpc) is 3.12.